The smallest absolute Gasteiger partial charge is 0.413 e. The van der Waals surface area contributed by atoms with Gasteiger partial charge in [-0.1, -0.05) is 39.0 Å². The number of amides is 1. The highest BCUT2D eigenvalue weighted by Gasteiger charge is 2.46. The highest BCUT2D eigenvalue weighted by Crippen LogP contribution is 2.47. The second-order valence-electron chi connectivity index (χ2n) is 9.37. The van der Waals surface area contributed by atoms with Gasteiger partial charge in [0, 0.05) is 6.20 Å². The molecule has 0 aromatic carbocycles. The summed E-state index contributed by atoms with van der Waals surface area (Å²) < 4.78 is 11.7. The van der Waals surface area contributed by atoms with E-state index in [-0.39, 0.29) is 5.04 Å². The van der Waals surface area contributed by atoms with E-state index in [2.05, 4.69) is 51.1 Å². The lowest BCUT2D eigenvalue weighted by Crippen LogP contribution is -2.47. The van der Waals surface area contributed by atoms with E-state index in [9.17, 15) is 15.0 Å². The molecule has 0 unspecified atom stereocenters. The molecule has 7 nitrogen and oxygen atoms in total. The summed E-state index contributed by atoms with van der Waals surface area (Å²) in [5.74, 6) is 0.395. The third-order valence-electron chi connectivity index (χ3n) is 5.37. The number of carbonyl (C=O) groups is 1. The summed E-state index contributed by atoms with van der Waals surface area (Å²) in [4.78, 5) is 16.8. The van der Waals surface area contributed by atoms with Crippen molar-refractivity contribution >= 4 is 30.9 Å². The Balaban J connectivity index is 3.04. The maximum atomic E-state index is 12.0. The predicted octanol–water partition coefficient (Wildman–Crippen LogP) is 4.54. The summed E-state index contributed by atoms with van der Waals surface area (Å²) >= 11 is 1.20. The van der Waals surface area contributed by atoms with Gasteiger partial charge in [0.15, 0.2) is 13.4 Å². The second kappa shape index (κ2) is 9.21. The van der Waals surface area contributed by atoms with Crippen LogP contribution in [0.4, 0.5) is 9.93 Å². The number of nitrogens with zero attached hydrogens (tertiary/aromatic N) is 1. The molecule has 1 aromatic heterocycles. The largest absolute Gasteiger partial charge is 0.444 e. The molecule has 2 atom stereocenters. The van der Waals surface area contributed by atoms with Crippen molar-refractivity contribution in [2.75, 3.05) is 11.9 Å². The molecule has 1 heterocycles. The van der Waals surface area contributed by atoms with E-state index in [0.29, 0.717) is 15.9 Å². The van der Waals surface area contributed by atoms with Crippen LogP contribution in [0.25, 0.3) is 0 Å². The number of anilines is 1. The fraction of sp³-hybridized carbons (Fsp3) is 0.789. The van der Waals surface area contributed by atoms with Crippen molar-refractivity contribution in [2.24, 2.45) is 5.92 Å². The number of aliphatic hydroxyl groups excluding tert-OH is 2. The minimum atomic E-state index is -2.28. The number of aromatic nitrogens is 1. The highest BCUT2D eigenvalue weighted by molar-refractivity contribution is 7.15. The molecule has 0 bridgehead atoms. The van der Waals surface area contributed by atoms with Gasteiger partial charge in [0.05, 0.1) is 11.5 Å². The quantitative estimate of drug-likeness (QED) is 0.521. The first-order valence-electron chi connectivity index (χ1n) is 9.53. The monoisotopic (exact) mass is 432 g/mol. The number of ether oxygens (including phenoxy) is 1. The van der Waals surface area contributed by atoms with E-state index in [1.807, 2.05) is 0 Å². The maximum Gasteiger partial charge on any atom is 0.413 e. The molecule has 0 radical (unpaired) electrons. The first-order chi connectivity index (χ1) is 12.6. The van der Waals surface area contributed by atoms with Crippen molar-refractivity contribution in [3.63, 3.8) is 0 Å². The zero-order valence-corrected chi connectivity index (χ0v) is 20.3. The molecule has 1 rings (SSSR count). The first kappa shape index (κ1) is 25.0. The molecule has 1 aromatic rings. The average molecular weight is 433 g/mol. The van der Waals surface area contributed by atoms with Crippen LogP contribution in [0.1, 0.15) is 59.4 Å². The Labute approximate surface area is 173 Å². The highest BCUT2D eigenvalue weighted by atomic mass is 32.1. The SMILES string of the molecule is CC(C)C(C)(C)[Si](C)(C)O[C@@H](c1cnc(NC(=O)OC(C)(C)C)s1)[C@H](O)CO. The summed E-state index contributed by atoms with van der Waals surface area (Å²) in [6.45, 7) is 17.8. The molecule has 3 N–H and O–H groups in total. The van der Waals surface area contributed by atoms with Gasteiger partial charge in [-0.3, -0.25) is 5.32 Å². The summed E-state index contributed by atoms with van der Waals surface area (Å²) in [6.07, 6.45) is -0.821. The fourth-order valence-electron chi connectivity index (χ4n) is 2.45. The molecular weight excluding hydrogens is 396 g/mol. The number of aliphatic hydroxyl groups is 2. The number of hydrogen-bond acceptors (Lipinski definition) is 7. The Morgan fingerprint density at radius 1 is 1.29 bits per heavy atom. The van der Waals surface area contributed by atoms with E-state index >= 15 is 0 Å². The maximum absolute atomic E-state index is 12.0. The molecule has 0 aliphatic carbocycles. The van der Waals surface area contributed by atoms with Crippen LogP contribution in [0.5, 0.6) is 0 Å². The molecule has 162 valence electrons. The standard InChI is InChI=1S/C19H36N2O5SSi/c1-12(2)19(6,7)28(8,9)26-15(13(23)11-22)14-10-20-16(27-14)21-17(24)25-18(3,4)5/h10,12-13,15,22-23H,11H2,1-9H3,(H,20,21,24)/t13-,15-/m1/s1. The number of nitrogens with one attached hydrogen (secondary N) is 1. The molecule has 0 spiro atoms. The molecule has 28 heavy (non-hydrogen) atoms. The van der Waals surface area contributed by atoms with Crippen molar-refractivity contribution < 1.29 is 24.2 Å². The molecular formula is C19H36N2O5SSi. The van der Waals surface area contributed by atoms with Gasteiger partial charge < -0.3 is 19.4 Å². The third kappa shape index (κ3) is 6.52. The van der Waals surface area contributed by atoms with E-state index < -0.39 is 38.8 Å². The topological polar surface area (TPSA) is 101 Å². The van der Waals surface area contributed by atoms with Crippen LogP contribution >= 0.6 is 11.3 Å². The summed E-state index contributed by atoms with van der Waals surface area (Å²) in [6, 6.07) is 0. The number of rotatable bonds is 8. The van der Waals surface area contributed by atoms with Gasteiger partial charge in [0.1, 0.15) is 17.8 Å². The van der Waals surface area contributed by atoms with Gasteiger partial charge in [0.25, 0.3) is 0 Å². The van der Waals surface area contributed by atoms with Crippen LogP contribution in [-0.4, -0.2) is 47.9 Å². The van der Waals surface area contributed by atoms with E-state index in [1.54, 1.807) is 27.0 Å². The van der Waals surface area contributed by atoms with Crippen LogP contribution in [0.3, 0.4) is 0 Å². The Kier molecular flexibility index (Phi) is 8.23. The summed E-state index contributed by atoms with van der Waals surface area (Å²) in [5.41, 5.74) is -0.610. The van der Waals surface area contributed by atoms with Crippen molar-refractivity contribution in [2.45, 2.75) is 84.4 Å². The van der Waals surface area contributed by atoms with E-state index in [1.165, 1.54) is 11.3 Å². The Morgan fingerprint density at radius 2 is 1.86 bits per heavy atom. The summed E-state index contributed by atoms with van der Waals surface area (Å²) in [5, 5.41) is 22.8. The van der Waals surface area contributed by atoms with Crippen molar-refractivity contribution in [1.82, 2.24) is 4.98 Å². The van der Waals surface area contributed by atoms with Gasteiger partial charge in [-0.05, 0) is 44.8 Å². The van der Waals surface area contributed by atoms with Crippen LogP contribution in [-0.2, 0) is 9.16 Å². The molecule has 0 saturated carbocycles. The average Bonchev–Trinajstić information content (AvgIpc) is 2.97. The molecule has 1 amide bonds. The molecule has 0 aliphatic rings. The van der Waals surface area contributed by atoms with Gasteiger partial charge in [-0.2, -0.15) is 0 Å². The van der Waals surface area contributed by atoms with Crippen LogP contribution in [0.2, 0.25) is 18.1 Å². The van der Waals surface area contributed by atoms with Crippen molar-refractivity contribution in [3.8, 4) is 0 Å². The normalized spacial score (nSPS) is 15.4. The number of hydrogen-bond donors (Lipinski definition) is 3. The number of carbonyl (C=O) groups excluding carboxylic acids is 1. The van der Waals surface area contributed by atoms with Gasteiger partial charge >= 0.3 is 6.09 Å². The Hall–Kier alpha value is -1.00. The van der Waals surface area contributed by atoms with Crippen molar-refractivity contribution in [3.05, 3.63) is 11.1 Å². The molecule has 0 saturated heterocycles. The van der Waals surface area contributed by atoms with Crippen LogP contribution < -0.4 is 5.32 Å². The second-order valence-corrected chi connectivity index (χ2v) is 15.0. The first-order valence-corrected chi connectivity index (χ1v) is 13.3. The zero-order chi connectivity index (χ0) is 21.9. The lowest BCUT2D eigenvalue weighted by Gasteiger charge is -2.44. The van der Waals surface area contributed by atoms with Gasteiger partial charge in [-0.15, -0.1) is 0 Å². The van der Waals surface area contributed by atoms with E-state index in [0.717, 1.165) is 0 Å². The summed E-state index contributed by atoms with van der Waals surface area (Å²) in [7, 11) is -2.28. The van der Waals surface area contributed by atoms with Crippen LogP contribution in [0.15, 0.2) is 6.20 Å². The van der Waals surface area contributed by atoms with Crippen molar-refractivity contribution in [1.29, 1.82) is 0 Å². The molecule has 0 fully saturated rings. The van der Waals surface area contributed by atoms with Gasteiger partial charge in [-0.25, -0.2) is 9.78 Å². The number of thiazole rings is 1. The minimum absolute atomic E-state index is 0.0529. The molecule has 0 aliphatic heterocycles. The zero-order valence-electron chi connectivity index (χ0n) is 18.5. The van der Waals surface area contributed by atoms with Crippen LogP contribution in [0, 0.1) is 5.92 Å². The van der Waals surface area contributed by atoms with E-state index in [4.69, 9.17) is 9.16 Å². The Morgan fingerprint density at radius 3 is 2.32 bits per heavy atom. The Bertz CT molecular complexity index is 655. The lowest BCUT2D eigenvalue weighted by atomic mass is 9.99. The molecule has 9 heteroatoms. The lowest BCUT2D eigenvalue weighted by molar-refractivity contribution is -0.00803. The minimum Gasteiger partial charge on any atom is -0.444 e. The third-order valence-corrected chi connectivity index (χ3v) is 10.9. The predicted molar refractivity (Wildman–Crippen MR) is 115 cm³/mol. The fourth-order valence-corrected chi connectivity index (χ4v) is 6.04. The van der Waals surface area contributed by atoms with Gasteiger partial charge in [0.2, 0.25) is 0 Å².